The summed E-state index contributed by atoms with van der Waals surface area (Å²) < 4.78 is 16.6. The summed E-state index contributed by atoms with van der Waals surface area (Å²) in [6.07, 6.45) is 0. The first-order chi connectivity index (χ1) is 11.8. The Morgan fingerprint density at radius 2 is 2.08 bits per heavy atom. The molecule has 8 nitrogen and oxygen atoms in total. The van der Waals surface area contributed by atoms with Crippen LogP contribution < -0.4 is 26.4 Å². The van der Waals surface area contributed by atoms with Gasteiger partial charge in [-0.3, -0.25) is 0 Å². The maximum absolute atomic E-state index is 11.5. The minimum atomic E-state index is -0.311. The number of benzene rings is 1. The molecule has 0 radical (unpaired) electrons. The van der Waals surface area contributed by atoms with Crippen LogP contribution in [0.2, 0.25) is 0 Å². The van der Waals surface area contributed by atoms with Gasteiger partial charge in [-0.05, 0) is 6.92 Å². The van der Waals surface area contributed by atoms with Crippen LogP contribution in [-0.2, 0) is 4.70 Å². The SMILES string of the molecule is CCNC(=O)NCC(C)(C)COc1cccc(NC)c1C(N)=NB=O. The van der Waals surface area contributed by atoms with E-state index in [1.807, 2.05) is 32.9 Å². The molecule has 0 aliphatic heterocycles. The number of carbonyl (C=O) groups excluding carboxylic acids is 1. The Morgan fingerprint density at radius 3 is 2.68 bits per heavy atom. The number of amidine groups is 1. The summed E-state index contributed by atoms with van der Waals surface area (Å²) in [4.78, 5) is 15.1. The summed E-state index contributed by atoms with van der Waals surface area (Å²) in [6, 6.07) is 5.18. The van der Waals surface area contributed by atoms with Crippen molar-refractivity contribution in [1.82, 2.24) is 10.6 Å². The predicted octanol–water partition coefficient (Wildman–Crippen LogP) is 1.12. The van der Waals surface area contributed by atoms with E-state index in [9.17, 15) is 9.50 Å². The molecular weight excluding hydrogens is 321 g/mol. The van der Waals surface area contributed by atoms with Crippen LogP contribution >= 0.6 is 0 Å². The zero-order valence-electron chi connectivity index (χ0n) is 15.2. The van der Waals surface area contributed by atoms with Crippen LogP contribution in [0.1, 0.15) is 26.3 Å². The van der Waals surface area contributed by atoms with Gasteiger partial charge in [0.05, 0.1) is 0 Å². The Labute approximate surface area is 148 Å². The molecule has 1 aromatic rings. The molecule has 25 heavy (non-hydrogen) atoms. The number of nitrogens with zero attached hydrogens (tertiary/aromatic N) is 1. The molecule has 0 saturated heterocycles. The molecule has 5 N–H and O–H groups in total. The summed E-state index contributed by atoms with van der Waals surface area (Å²) in [7, 11) is 2.14. The second kappa shape index (κ2) is 9.66. The Kier molecular flexibility index (Phi) is 7.91. The summed E-state index contributed by atoms with van der Waals surface area (Å²) in [6.45, 7) is 7.16. The first-order valence-electron chi connectivity index (χ1n) is 8.07. The molecule has 0 aromatic heterocycles. The van der Waals surface area contributed by atoms with E-state index in [1.54, 1.807) is 13.1 Å². The third-order valence-electron chi connectivity index (χ3n) is 3.43. The summed E-state index contributed by atoms with van der Waals surface area (Å²) in [5, 5.41) is 8.49. The molecular formula is C16H26BN5O3. The van der Waals surface area contributed by atoms with Crippen molar-refractivity contribution in [2.24, 2.45) is 16.1 Å². The standard InChI is InChI=1S/C16H26BN5O3/c1-5-20-15(23)21-9-16(2,3)10-25-12-8-6-7-11(19-4)13(12)14(18)22-17-24/h6-8,19H,5,9-10H2,1-4H3,(H2,18,22)(H2,20,21,23). The number of hydrogen-bond donors (Lipinski definition) is 4. The number of rotatable bonds is 9. The summed E-state index contributed by atoms with van der Waals surface area (Å²) in [5.74, 6) is 0.592. The van der Waals surface area contributed by atoms with Crippen LogP contribution in [0.15, 0.2) is 23.1 Å². The monoisotopic (exact) mass is 347 g/mol. The van der Waals surface area contributed by atoms with Crippen LogP contribution in [0.25, 0.3) is 0 Å². The van der Waals surface area contributed by atoms with E-state index in [0.717, 1.165) is 0 Å². The van der Waals surface area contributed by atoms with E-state index in [-0.39, 0.29) is 17.3 Å². The van der Waals surface area contributed by atoms with Crippen LogP contribution in [0.5, 0.6) is 5.75 Å². The molecule has 0 fully saturated rings. The number of nitrogens with one attached hydrogen (secondary N) is 3. The van der Waals surface area contributed by atoms with E-state index in [2.05, 4.69) is 20.9 Å². The number of urea groups is 1. The van der Waals surface area contributed by atoms with E-state index >= 15 is 0 Å². The fraction of sp³-hybridized carbons (Fsp3) is 0.500. The van der Waals surface area contributed by atoms with Gasteiger partial charge < -0.3 is 0 Å². The molecule has 0 spiro atoms. The second-order valence-corrected chi connectivity index (χ2v) is 6.21. The van der Waals surface area contributed by atoms with E-state index in [1.165, 1.54) is 0 Å². The zero-order chi connectivity index (χ0) is 18.9. The van der Waals surface area contributed by atoms with Crippen molar-refractivity contribution >= 4 is 24.8 Å². The van der Waals surface area contributed by atoms with Crippen molar-refractivity contribution in [3.63, 3.8) is 0 Å². The molecule has 0 atom stereocenters. The predicted molar refractivity (Wildman–Crippen MR) is 99.5 cm³/mol. The number of carbonyl (C=O) groups is 1. The van der Waals surface area contributed by atoms with Crippen LogP contribution in [0.4, 0.5) is 10.5 Å². The normalized spacial score (nSPS) is 11.4. The zero-order valence-corrected chi connectivity index (χ0v) is 15.2. The molecule has 0 aliphatic carbocycles. The van der Waals surface area contributed by atoms with E-state index < -0.39 is 0 Å². The third-order valence-corrected chi connectivity index (χ3v) is 3.43. The first kappa shape index (κ1) is 20.5. The quantitative estimate of drug-likeness (QED) is 0.303. The number of ether oxygens (including phenoxy) is 1. The Bertz CT molecular complexity index is 634. The molecule has 0 heterocycles. The molecule has 0 saturated carbocycles. The van der Waals surface area contributed by atoms with E-state index in [4.69, 9.17) is 10.5 Å². The molecule has 9 heteroatoms. The van der Waals surface area contributed by atoms with Gasteiger partial charge in [-0.2, -0.15) is 0 Å². The molecule has 0 unspecified atom stereocenters. The van der Waals surface area contributed by atoms with E-state index in [0.29, 0.717) is 44.0 Å². The summed E-state index contributed by atoms with van der Waals surface area (Å²) in [5.41, 5.74) is 6.82. The number of nitrogens with two attached hydrogens (primary N) is 1. The number of anilines is 1. The number of amides is 2. The summed E-state index contributed by atoms with van der Waals surface area (Å²) >= 11 is 0. The van der Waals surface area contributed by atoms with Crippen molar-refractivity contribution in [3.8, 4) is 5.75 Å². The molecule has 1 rings (SSSR count). The molecule has 0 aliphatic rings. The Hall–Kier alpha value is -2.58. The van der Waals surface area contributed by atoms with Crippen molar-refractivity contribution in [3.05, 3.63) is 23.8 Å². The molecule has 136 valence electrons. The van der Waals surface area contributed by atoms with Crippen molar-refractivity contribution in [2.75, 3.05) is 32.1 Å². The number of hydrogen-bond acceptors (Lipinski definition) is 4. The minimum absolute atomic E-state index is 0.0770. The van der Waals surface area contributed by atoms with Gasteiger partial charge in [0.2, 0.25) is 0 Å². The van der Waals surface area contributed by atoms with Crippen LogP contribution in [-0.4, -0.2) is 45.9 Å². The van der Waals surface area contributed by atoms with Gasteiger partial charge in [0, 0.05) is 0 Å². The topological polar surface area (TPSA) is 118 Å². The first-order valence-corrected chi connectivity index (χ1v) is 8.07. The van der Waals surface area contributed by atoms with Crippen LogP contribution in [0.3, 0.4) is 0 Å². The maximum atomic E-state index is 11.5. The molecule has 0 bridgehead atoms. The van der Waals surface area contributed by atoms with Crippen molar-refractivity contribution < 1.29 is 14.2 Å². The van der Waals surface area contributed by atoms with Crippen molar-refractivity contribution in [2.45, 2.75) is 20.8 Å². The van der Waals surface area contributed by atoms with Crippen molar-refractivity contribution in [1.29, 1.82) is 0 Å². The van der Waals surface area contributed by atoms with Gasteiger partial charge in [-0.1, -0.05) is 0 Å². The third kappa shape index (κ3) is 6.44. The van der Waals surface area contributed by atoms with Gasteiger partial charge in [0.1, 0.15) is 0 Å². The fourth-order valence-electron chi connectivity index (χ4n) is 2.11. The molecule has 1 aromatic carbocycles. The van der Waals surface area contributed by atoms with Gasteiger partial charge in [0.15, 0.2) is 0 Å². The van der Waals surface area contributed by atoms with Gasteiger partial charge >= 0.3 is 141 Å². The van der Waals surface area contributed by atoms with Gasteiger partial charge in [-0.25, -0.2) is 0 Å². The Morgan fingerprint density at radius 1 is 1.36 bits per heavy atom. The Balaban J connectivity index is 2.87. The van der Waals surface area contributed by atoms with Crippen LogP contribution in [0, 0.1) is 5.41 Å². The van der Waals surface area contributed by atoms with Gasteiger partial charge in [-0.15, -0.1) is 0 Å². The average Bonchev–Trinajstić information content (AvgIpc) is 2.58. The molecule has 2 amide bonds. The second-order valence-electron chi connectivity index (χ2n) is 6.21. The van der Waals surface area contributed by atoms with Gasteiger partial charge in [0.25, 0.3) is 0 Å². The average molecular weight is 347 g/mol. The fourth-order valence-corrected chi connectivity index (χ4v) is 2.11.